The second-order valence-corrected chi connectivity index (χ2v) is 7.98. The standard InChI is InChI=1S/C22H21NO4S2/c1-2-12-26-20(24)14-23-21(25)19(29-22(23)28)13-17-10-6-7-11-18(17)27-15-16-8-4-3-5-9-16/h3-11,13H,2,12,14-15H2,1H3. The van der Waals surface area contributed by atoms with Gasteiger partial charge in [-0.25, -0.2) is 0 Å². The Morgan fingerprint density at radius 3 is 2.62 bits per heavy atom. The van der Waals surface area contributed by atoms with Crippen LogP contribution in [-0.2, 0) is 20.9 Å². The third-order valence-electron chi connectivity index (χ3n) is 4.07. The average Bonchev–Trinajstić information content (AvgIpc) is 2.99. The van der Waals surface area contributed by atoms with Crippen LogP contribution in [0.15, 0.2) is 59.5 Å². The van der Waals surface area contributed by atoms with Crippen LogP contribution in [0.1, 0.15) is 24.5 Å². The topological polar surface area (TPSA) is 55.8 Å². The number of carbonyl (C=O) groups is 2. The van der Waals surface area contributed by atoms with Gasteiger partial charge in [0.15, 0.2) is 0 Å². The highest BCUT2D eigenvalue weighted by Gasteiger charge is 2.34. The summed E-state index contributed by atoms with van der Waals surface area (Å²) in [4.78, 5) is 26.3. The molecule has 2 aromatic carbocycles. The van der Waals surface area contributed by atoms with E-state index in [-0.39, 0.29) is 12.5 Å². The number of para-hydroxylation sites is 1. The molecule has 150 valence electrons. The lowest BCUT2D eigenvalue weighted by molar-refractivity contribution is -0.146. The van der Waals surface area contributed by atoms with Gasteiger partial charge in [-0.2, -0.15) is 0 Å². The zero-order chi connectivity index (χ0) is 20.6. The van der Waals surface area contributed by atoms with Crippen molar-refractivity contribution in [1.82, 2.24) is 4.90 Å². The van der Waals surface area contributed by atoms with E-state index in [4.69, 9.17) is 21.7 Å². The molecule has 0 N–H and O–H groups in total. The predicted molar refractivity (Wildman–Crippen MR) is 118 cm³/mol. The monoisotopic (exact) mass is 427 g/mol. The van der Waals surface area contributed by atoms with Gasteiger partial charge in [0.2, 0.25) is 0 Å². The molecular weight excluding hydrogens is 406 g/mol. The summed E-state index contributed by atoms with van der Waals surface area (Å²) in [5.74, 6) is -0.0914. The van der Waals surface area contributed by atoms with E-state index in [1.807, 2.05) is 61.5 Å². The van der Waals surface area contributed by atoms with E-state index in [1.54, 1.807) is 6.08 Å². The van der Waals surface area contributed by atoms with Crippen molar-refractivity contribution in [3.8, 4) is 5.75 Å². The van der Waals surface area contributed by atoms with Gasteiger partial charge in [-0.3, -0.25) is 14.5 Å². The van der Waals surface area contributed by atoms with E-state index >= 15 is 0 Å². The fraction of sp³-hybridized carbons (Fsp3) is 0.227. The smallest absolute Gasteiger partial charge is 0.326 e. The van der Waals surface area contributed by atoms with Crippen molar-refractivity contribution in [3.63, 3.8) is 0 Å². The summed E-state index contributed by atoms with van der Waals surface area (Å²) in [6.07, 6.45) is 2.47. The van der Waals surface area contributed by atoms with Crippen LogP contribution in [0.3, 0.4) is 0 Å². The second-order valence-electron chi connectivity index (χ2n) is 6.30. The molecule has 29 heavy (non-hydrogen) atoms. The van der Waals surface area contributed by atoms with E-state index in [0.29, 0.717) is 28.2 Å². The number of benzene rings is 2. The zero-order valence-electron chi connectivity index (χ0n) is 16.0. The third-order valence-corrected chi connectivity index (χ3v) is 5.45. The lowest BCUT2D eigenvalue weighted by Gasteiger charge is -2.13. The molecule has 0 spiro atoms. The lowest BCUT2D eigenvalue weighted by Crippen LogP contribution is -2.34. The van der Waals surface area contributed by atoms with Crippen LogP contribution < -0.4 is 4.74 Å². The van der Waals surface area contributed by atoms with Crippen LogP contribution in [0, 0.1) is 0 Å². The van der Waals surface area contributed by atoms with Gasteiger partial charge in [-0.1, -0.05) is 79.4 Å². The van der Waals surface area contributed by atoms with Crippen LogP contribution in [0.25, 0.3) is 6.08 Å². The van der Waals surface area contributed by atoms with Gasteiger partial charge in [-0.15, -0.1) is 0 Å². The Labute approximate surface area is 179 Å². The minimum Gasteiger partial charge on any atom is -0.488 e. The van der Waals surface area contributed by atoms with Crippen LogP contribution in [0.5, 0.6) is 5.75 Å². The molecule has 1 saturated heterocycles. The quantitative estimate of drug-likeness (QED) is 0.353. The molecule has 7 heteroatoms. The second kappa shape index (κ2) is 10.2. The van der Waals surface area contributed by atoms with Crippen LogP contribution >= 0.6 is 24.0 Å². The molecule has 0 bridgehead atoms. The number of hydrogen-bond acceptors (Lipinski definition) is 6. The molecule has 5 nitrogen and oxygen atoms in total. The van der Waals surface area contributed by atoms with E-state index in [1.165, 1.54) is 16.7 Å². The molecule has 2 aromatic rings. The van der Waals surface area contributed by atoms with Crippen LogP contribution in [-0.4, -0.2) is 34.2 Å². The van der Waals surface area contributed by atoms with Crippen molar-refractivity contribution in [3.05, 3.63) is 70.6 Å². The first-order valence-electron chi connectivity index (χ1n) is 9.25. The molecule has 1 aliphatic heterocycles. The Balaban J connectivity index is 1.72. The highest BCUT2D eigenvalue weighted by molar-refractivity contribution is 8.26. The first-order valence-corrected chi connectivity index (χ1v) is 10.5. The lowest BCUT2D eigenvalue weighted by atomic mass is 10.1. The summed E-state index contributed by atoms with van der Waals surface area (Å²) in [7, 11) is 0. The maximum atomic E-state index is 12.7. The first kappa shape index (κ1) is 21.1. The van der Waals surface area contributed by atoms with Crippen molar-refractivity contribution in [2.75, 3.05) is 13.2 Å². The number of esters is 1. The van der Waals surface area contributed by atoms with Crippen molar-refractivity contribution >= 4 is 46.3 Å². The minimum atomic E-state index is -0.462. The summed E-state index contributed by atoms with van der Waals surface area (Å²) in [5.41, 5.74) is 1.83. The fourth-order valence-corrected chi connectivity index (χ4v) is 3.88. The maximum absolute atomic E-state index is 12.7. The summed E-state index contributed by atoms with van der Waals surface area (Å²) in [6.45, 7) is 2.49. The molecule has 0 radical (unpaired) electrons. The Kier molecular flexibility index (Phi) is 7.43. The number of ether oxygens (including phenoxy) is 2. The Bertz CT molecular complexity index is 927. The summed E-state index contributed by atoms with van der Waals surface area (Å²) < 4.78 is 11.3. The number of hydrogen-bond donors (Lipinski definition) is 0. The number of amides is 1. The Morgan fingerprint density at radius 1 is 1.14 bits per heavy atom. The molecule has 0 saturated carbocycles. The molecule has 1 aliphatic rings. The summed E-state index contributed by atoms with van der Waals surface area (Å²) in [6, 6.07) is 17.4. The molecule has 0 atom stereocenters. The maximum Gasteiger partial charge on any atom is 0.326 e. The van der Waals surface area contributed by atoms with Gasteiger partial charge < -0.3 is 9.47 Å². The van der Waals surface area contributed by atoms with E-state index in [9.17, 15) is 9.59 Å². The predicted octanol–water partition coefficient (Wildman–Crippen LogP) is 4.42. The van der Waals surface area contributed by atoms with Crippen LogP contribution in [0.2, 0.25) is 0 Å². The number of rotatable bonds is 8. The van der Waals surface area contributed by atoms with Gasteiger partial charge in [0.25, 0.3) is 5.91 Å². The molecular formula is C22H21NO4S2. The number of thiocarbonyl (C=S) groups is 1. The van der Waals surface area contributed by atoms with Gasteiger partial charge in [-0.05, 0) is 24.1 Å². The van der Waals surface area contributed by atoms with Crippen molar-refractivity contribution in [2.45, 2.75) is 20.0 Å². The molecule has 0 unspecified atom stereocenters. The SMILES string of the molecule is CCCOC(=O)CN1C(=O)C(=Cc2ccccc2OCc2ccccc2)SC1=S. The molecule has 1 heterocycles. The highest BCUT2D eigenvalue weighted by Crippen LogP contribution is 2.34. The van der Waals surface area contributed by atoms with E-state index in [0.717, 1.165) is 17.5 Å². The van der Waals surface area contributed by atoms with E-state index in [2.05, 4.69) is 0 Å². The van der Waals surface area contributed by atoms with Crippen molar-refractivity contribution in [2.24, 2.45) is 0 Å². The number of carbonyl (C=O) groups excluding carboxylic acids is 2. The van der Waals surface area contributed by atoms with Gasteiger partial charge >= 0.3 is 5.97 Å². The molecule has 0 aromatic heterocycles. The zero-order valence-corrected chi connectivity index (χ0v) is 17.6. The van der Waals surface area contributed by atoms with Gasteiger partial charge in [0.05, 0.1) is 11.5 Å². The Morgan fingerprint density at radius 2 is 1.86 bits per heavy atom. The Hall–Kier alpha value is -2.64. The van der Waals surface area contributed by atoms with Crippen molar-refractivity contribution in [1.29, 1.82) is 0 Å². The van der Waals surface area contributed by atoms with Crippen LogP contribution in [0.4, 0.5) is 0 Å². The molecule has 1 amide bonds. The molecule has 3 rings (SSSR count). The van der Waals surface area contributed by atoms with Gasteiger partial charge in [0, 0.05) is 5.56 Å². The minimum absolute atomic E-state index is 0.172. The van der Waals surface area contributed by atoms with Gasteiger partial charge in [0.1, 0.15) is 23.2 Å². The first-order chi connectivity index (χ1) is 14.1. The number of nitrogens with zero attached hydrogens (tertiary/aromatic N) is 1. The average molecular weight is 428 g/mol. The highest BCUT2D eigenvalue weighted by atomic mass is 32.2. The third kappa shape index (κ3) is 5.68. The normalized spacial score (nSPS) is 15.1. The number of thioether (sulfide) groups is 1. The molecule has 1 fully saturated rings. The largest absolute Gasteiger partial charge is 0.488 e. The molecule has 0 aliphatic carbocycles. The van der Waals surface area contributed by atoms with Crippen molar-refractivity contribution < 1.29 is 19.1 Å². The summed E-state index contributed by atoms with van der Waals surface area (Å²) in [5, 5.41) is 0. The summed E-state index contributed by atoms with van der Waals surface area (Å²) >= 11 is 6.45. The van der Waals surface area contributed by atoms with E-state index < -0.39 is 5.97 Å². The fourth-order valence-electron chi connectivity index (χ4n) is 2.63.